The van der Waals surface area contributed by atoms with Gasteiger partial charge in [-0.25, -0.2) is 0 Å². The summed E-state index contributed by atoms with van der Waals surface area (Å²) in [6, 6.07) is 0. The van der Waals surface area contributed by atoms with Crippen molar-refractivity contribution in [3.63, 3.8) is 0 Å². The Balaban J connectivity index is 3.34. The number of aliphatic hydroxyl groups excluding tert-OH is 1. The first kappa shape index (κ1) is 9.03. The first-order valence-electron chi connectivity index (χ1n) is 2.91. The Labute approximate surface area is 58.4 Å². The molecule has 0 aromatic heterocycles. The Morgan fingerprint density at radius 1 is 1.80 bits per heavy atom. The lowest BCUT2D eigenvalue weighted by atomic mass is 10.3. The van der Waals surface area contributed by atoms with Crippen molar-refractivity contribution in [3.05, 3.63) is 4.91 Å². The van der Waals surface area contributed by atoms with E-state index in [4.69, 9.17) is 5.11 Å². The van der Waals surface area contributed by atoms with E-state index in [9.17, 15) is 9.70 Å². The topological polar surface area (TPSA) is 78.8 Å². The molecular weight excluding hydrogens is 136 g/mol. The van der Waals surface area contributed by atoms with Crippen LogP contribution in [0.15, 0.2) is 5.18 Å². The average Bonchev–Trinajstić information content (AvgIpc) is 1.99. The minimum atomic E-state index is -1.25. The van der Waals surface area contributed by atoms with E-state index in [1.54, 1.807) is 0 Å². The molecule has 5 nitrogen and oxygen atoms in total. The van der Waals surface area contributed by atoms with E-state index in [0.717, 1.165) is 0 Å². The summed E-state index contributed by atoms with van der Waals surface area (Å²) in [5.41, 5.74) is 0. The predicted octanol–water partition coefficient (Wildman–Crippen LogP) is -0.403. The molecule has 0 aliphatic carbocycles. The van der Waals surface area contributed by atoms with Gasteiger partial charge >= 0.3 is 0 Å². The number of rotatable bonds is 4. The molecule has 0 saturated carbocycles. The summed E-state index contributed by atoms with van der Waals surface area (Å²) in [6.07, 6.45) is -1.04. The zero-order valence-electron chi connectivity index (χ0n) is 5.70. The van der Waals surface area contributed by atoms with Gasteiger partial charge in [0.15, 0.2) is 6.23 Å². The number of nitroso groups, excluding NO2 is 1. The fourth-order valence-corrected chi connectivity index (χ4v) is 0.438. The van der Waals surface area contributed by atoms with Gasteiger partial charge in [0, 0.05) is 19.9 Å². The summed E-state index contributed by atoms with van der Waals surface area (Å²) in [7, 11) is 1.49. The van der Waals surface area contributed by atoms with Crippen molar-refractivity contribution in [1.82, 2.24) is 5.32 Å². The molecule has 0 spiro atoms. The van der Waals surface area contributed by atoms with E-state index >= 15 is 0 Å². The van der Waals surface area contributed by atoms with Crippen molar-refractivity contribution in [3.8, 4) is 0 Å². The van der Waals surface area contributed by atoms with Crippen LogP contribution in [0.1, 0.15) is 12.8 Å². The maximum absolute atomic E-state index is 10.5. The van der Waals surface area contributed by atoms with Crippen molar-refractivity contribution < 1.29 is 9.90 Å². The number of nitrogens with zero attached hydrogens (tertiary/aromatic N) is 1. The average molecular weight is 146 g/mol. The second-order valence-corrected chi connectivity index (χ2v) is 1.80. The van der Waals surface area contributed by atoms with Crippen molar-refractivity contribution in [2.75, 3.05) is 7.05 Å². The first-order chi connectivity index (χ1) is 4.70. The number of hydrogen-bond donors (Lipinski definition) is 2. The third-order valence-electron chi connectivity index (χ3n) is 1.03. The van der Waals surface area contributed by atoms with Gasteiger partial charge in [0.1, 0.15) is 0 Å². The minimum absolute atomic E-state index is 0.0865. The van der Waals surface area contributed by atoms with Gasteiger partial charge in [-0.2, -0.15) is 0 Å². The van der Waals surface area contributed by atoms with Crippen LogP contribution in [0.2, 0.25) is 0 Å². The van der Waals surface area contributed by atoms with Crippen LogP contribution >= 0.6 is 0 Å². The van der Waals surface area contributed by atoms with Crippen LogP contribution < -0.4 is 5.32 Å². The molecule has 0 aliphatic rings. The second kappa shape index (κ2) is 4.87. The zero-order valence-corrected chi connectivity index (χ0v) is 5.70. The second-order valence-electron chi connectivity index (χ2n) is 1.80. The van der Waals surface area contributed by atoms with Gasteiger partial charge in [0.25, 0.3) is 0 Å². The van der Waals surface area contributed by atoms with E-state index in [0.29, 0.717) is 0 Å². The molecule has 10 heavy (non-hydrogen) atoms. The Hall–Kier alpha value is -0.970. The van der Waals surface area contributed by atoms with Gasteiger partial charge < -0.3 is 10.4 Å². The maximum Gasteiger partial charge on any atom is 0.219 e. The van der Waals surface area contributed by atoms with E-state index in [-0.39, 0.29) is 18.7 Å². The Morgan fingerprint density at radius 3 is 2.80 bits per heavy atom. The largest absolute Gasteiger partial charge is 0.369 e. The van der Waals surface area contributed by atoms with Crippen LogP contribution in [-0.2, 0) is 4.79 Å². The van der Waals surface area contributed by atoms with E-state index in [2.05, 4.69) is 10.5 Å². The molecular formula is C5H10N2O3. The molecule has 1 unspecified atom stereocenters. The fourth-order valence-electron chi connectivity index (χ4n) is 0.438. The molecule has 0 rings (SSSR count). The Morgan fingerprint density at radius 2 is 2.40 bits per heavy atom. The molecule has 2 N–H and O–H groups in total. The Bertz CT molecular complexity index is 126. The number of nitrogens with one attached hydrogen (secondary N) is 1. The monoisotopic (exact) mass is 146 g/mol. The smallest absolute Gasteiger partial charge is 0.219 e. The van der Waals surface area contributed by atoms with Crippen molar-refractivity contribution in [1.29, 1.82) is 0 Å². The highest BCUT2D eigenvalue weighted by Crippen LogP contribution is 1.96. The fraction of sp³-hybridized carbons (Fsp3) is 0.800. The molecule has 0 fully saturated rings. The summed E-state index contributed by atoms with van der Waals surface area (Å²) in [4.78, 5) is 20.0. The third-order valence-corrected chi connectivity index (χ3v) is 1.03. The van der Waals surface area contributed by atoms with Gasteiger partial charge in [-0.05, 0) is 5.18 Å². The highest BCUT2D eigenvalue weighted by molar-refractivity contribution is 5.75. The third kappa shape index (κ3) is 3.96. The van der Waals surface area contributed by atoms with Crippen LogP contribution in [0.4, 0.5) is 0 Å². The SMILES string of the molecule is CNC(=O)CCC(O)N=O. The van der Waals surface area contributed by atoms with Crippen LogP contribution in [-0.4, -0.2) is 24.3 Å². The minimum Gasteiger partial charge on any atom is -0.369 e. The van der Waals surface area contributed by atoms with Gasteiger partial charge in [0.05, 0.1) is 0 Å². The van der Waals surface area contributed by atoms with Crippen LogP contribution in [0.5, 0.6) is 0 Å². The Kier molecular flexibility index (Phi) is 4.39. The van der Waals surface area contributed by atoms with Gasteiger partial charge in [-0.15, -0.1) is 4.91 Å². The normalized spacial score (nSPS) is 12.2. The quantitative estimate of drug-likeness (QED) is 0.529. The summed E-state index contributed by atoms with van der Waals surface area (Å²) in [5.74, 6) is -0.206. The number of amides is 1. The van der Waals surface area contributed by atoms with Crippen LogP contribution in [0.3, 0.4) is 0 Å². The number of carbonyl (C=O) groups excluding carboxylic acids is 1. The summed E-state index contributed by atoms with van der Waals surface area (Å²) < 4.78 is 0. The number of carbonyl (C=O) groups is 1. The summed E-state index contributed by atoms with van der Waals surface area (Å²) in [6.45, 7) is 0. The predicted molar refractivity (Wildman–Crippen MR) is 35.1 cm³/mol. The van der Waals surface area contributed by atoms with Gasteiger partial charge in [-0.3, -0.25) is 4.79 Å². The summed E-state index contributed by atoms with van der Waals surface area (Å²) >= 11 is 0. The molecule has 0 aromatic carbocycles. The van der Waals surface area contributed by atoms with Crippen molar-refractivity contribution >= 4 is 5.91 Å². The molecule has 0 saturated heterocycles. The molecule has 0 heterocycles. The zero-order chi connectivity index (χ0) is 7.98. The molecule has 0 bridgehead atoms. The molecule has 0 aromatic rings. The van der Waals surface area contributed by atoms with Crippen LogP contribution in [0, 0.1) is 4.91 Å². The van der Waals surface area contributed by atoms with Gasteiger partial charge in [-0.1, -0.05) is 0 Å². The molecule has 0 aliphatic heterocycles. The molecule has 1 atom stereocenters. The highest BCUT2D eigenvalue weighted by atomic mass is 16.3. The van der Waals surface area contributed by atoms with Crippen molar-refractivity contribution in [2.24, 2.45) is 5.18 Å². The van der Waals surface area contributed by atoms with Crippen LogP contribution in [0.25, 0.3) is 0 Å². The lowest BCUT2D eigenvalue weighted by Gasteiger charge is -1.99. The van der Waals surface area contributed by atoms with E-state index < -0.39 is 6.23 Å². The van der Waals surface area contributed by atoms with E-state index in [1.165, 1.54) is 7.05 Å². The maximum atomic E-state index is 10.5. The number of hydrogen-bond acceptors (Lipinski definition) is 4. The summed E-state index contributed by atoms with van der Waals surface area (Å²) in [5, 5.41) is 13.2. The first-order valence-corrected chi connectivity index (χ1v) is 2.91. The van der Waals surface area contributed by atoms with E-state index in [1.807, 2.05) is 0 Å². The standard InChI is InChI=1S/C5H10N2O3/c1-6-4(8)2-3-5(9)7-10/h5,9H,2-3H2,1H3,(H,6,8). The molecule has 5 heteroatoms. The highest BCUT2D eigenvalue weighted by Gasteiger charge is 2.05. The van der Waals surface area contributed by atoms with Gasteiger partial charge in [0.2, 0.25) is 5.91 Å². The lowest BCUT2D eigenvalue weighted by molar-refractivity contribution is -0.121. The van der Waals surface area contributed by atoms with Crippen molar-refractivity contribution in [2.45, 2.75) is 19.1 Å². The molecule has 0 radical (unpaired) electrons. The number of aliphatic hydroxyl groups is 1. The molecule has 58 valence electrons. The molecule has 1 amide bonds. The lowest BCUT2D eigenvalue weighted by Crippen LogP contribution is -2.19.